The van der Waals surface area contributed by atoms with Crippen LogP contribution in [0.3, 0.4) is 0 Å². The van der Waals surface area contributed by atoms with Gasteiger partial charge < -0.3 is 19.4 Å². The smallest absolute Gasteiger partial charge is 0.234 e. The van der Waals surface area contributed by atoms with Gasteiger partial charge in [-0.05, 0) is 12.8 Å². The van der Waals surface area contributed by atoms with Gasteiger partial charge in [-0.25, -0.2) is 4.98 Å². The third-order valence-corrected chi connectivity index (χ3v) is 4.52. The number of methoxy groups -OCH3 is 2. The van der Waals surface area contributed by atoms with Crippen LogP contribution in [0.5, 0.6) is 11.5 Å². The van der Waals surface area contributed by atoms with Crippen molar-refractivity contribution in [3.63, 3.8) is 0 Å². The van der Waals surface area contributed by atoms with E-state index in [1.54, 1.807) is 38.6 Å². The normalized spacial score (nSPS) is 13.7. The maximum Gasteiger partial charge on any atom is 0.234 e. The number of nitrogens with one attached hydrogen (secondary N) is 1. The van der Waals surface area contributed by atoms with Gasteiger partial charge in [0.05, 0.1) is 20.0 Å². The highest BCUT2D eigenvalue weighted by molar-refractivity contribution is 7.99. The summed E-state index contributed by atoms with van der Waals surface area (Å²) in [7, 11) is 3.15. The Balaban J connectivity index is 1.59. The molecule has 6 nitrogen and oxygen atoms in total. The lowest BCUT2D eigenvalue weighted by Crippen LogP contribution is -2.14. The molecule has 1 heterocycles. The van der Waals surface area contributed by atoms with Gasteiger partial charge in [-0.2, -0.15) is 0 Å². The highest BCUT2D eigenvalue weighted by Gasteiger charge is 2.25. The molecule has 7 heteroatoms. The molecule has 122 valence electrons. The molecule has 1 aromatic carbocycles. The van der Waals surface area contributed by atoms with Crippen LogP contribution in [0.1, 0.15) is 18.9 Å². The Morgan fingerprint density at radius 2 is 2.00 bits per heavy atom. The monoisotopic (exact) mass is 333 g/mol. The predicted octanol–water partition coefficient (Wildman–Crippen LogP) is 2.97. The molecule has 2 aromatic rings. The van der Waals surface area contributed by atoms with Crippen LogP contribution in [-0.4, -0.2) is 35.4 Å². The van der Waals surface area contributed by atoms with Crippen LogP contribution in [0.15, 0.2) is 35.7 Å². The third-order valence-electron chi connectivity index (χ3n) is 3.54. The molecule has 0 atom stereocenters. The fourth-order valence-electron chi connectivity index (χ4n) is 2.25. The number of hydrogen-bond acceptors (Lipinski definition) is 5. The Bertz CT molecular complexity index is 675. The summed E-state index contributed by atoms with van der Waals surface area (Å²) in [6.45, 7) is 0. The zero-order valence-corrected chi connectivity index (χ0v) is 13.9. The van der Waals surface area contributed by atoms with Gasteiger partial charge in [0.15, 0.2) is 5.16 Å². The largest absolute Gasteiger partial charge is 0.497 e. The first kappa shape index (κ1) is 15.7. The summed E-state index contributed by atoms with van der Waals surface area (Å²) in [6, 6.07) is 5.84. The van der Waals surface area contributed by atoms with Crippen LogP contribution in [0.2, 0.25) is 0 Å². The van der Waals surface area contributed by atoms with Crippen LogP contribution >= 0.6 is 11.8 Å². The lowest BCUT2D eigenvalue weighted by molar-refractivity contribution is -0.113. The Kier molecular flexibility index (Phi) is 4.76. The number of aromatic nitrogens is 2. The molecule has 0 saturated heterocycles. The fraction of sp³-hybridized carbons (Fsp3) is 0.375. The lowest BCUT2D eigenvalue weighted by Gasteiger charge is -2.10. The van der Waals surface area contributed by atoms with Gasteiger partial charge in [0.1, 0.15) is 11.5 Å². The van der Waals surface area contributed by atoms with Gasteiger partial charge in [0.2, 0.25) is 5.91 Å². The second kappa shape index (κ2) is 6.95. The van der Waals surface area contributed by atoms with Crippen molar-refractivity contribution in [3.8, 4) is 11.5 Å². The van der Waals surface area contributed by atoms with Gasteiger partial charge in [-0.1, -0.05) is 11.8 Å². The van der Waals surface area contributed by atoms with E-state index >= 15 is 0 Å². The first-order valence-corrected chi connectivity index (χ1v) is 8.36. The second-order valence-corrected chi connectivity index (χ2v) is 6.23. The summed E-state index contributed by atoms with van der Waals surface area (Å²) >= 11 is 1.45. The molecule has 0 bridgehead atoms. The molecule has 0 spiro atoms. The van der Waals surface area contributed by atoms with Crippen LogP contribution in [-0.2, 0) is 4.79 Å². The maximum absolute atomic E-state index is 12.2. The molecule has 0 unspecified atom stereocenters. The number of ether oxygens (including phenoxy) is 2. The molecule has 1 aliphatic rings. The first-order valence-electron chi connectivity index (χ1n) is 7.38. The van der Waals surface area contributed by atoms with Crippen molar-refractivity contribution in [3.05, 3.63) is 30.6 Å². The summed E-state index contributed by atoms with van der Waals surface area (Å²) in [5, 5.41) is 3.76. The summed E-state index contributed by atoms with van der Waals surface area (Å²) in [6.07, 6.45) is 6.15. The second-order valence-electron chi connectivity index (χ2n) is 5.29. The molecule has 1 aliphatic carbocycles. The van der Waals surface area contributed by atoms with Gasteiger partial charge in [-0.15, -0.1) is 0 Å². The molecule has 1 amide bonds. The topological polar surface area (TPSA) is 65.4 Å². The van der Waals surface area contributed by atoms with Crippen LogP contribution in [0.25, 0.3) is 0 Å². The van der Waals surface area contributed by atoms with E-state index in [-0.39, 0.29) is 5.91 Å². The van der Waals surface area contributed by atoms with Crippen molar-refractivity contribution in [2.45, 2.75) is 24.0 Å². The van der Waals surface area contributed by atoms with E-state index in [2.05, 4.69) is 14.9 Å². The number of carbonyl (C=O) groups is 1. The quantitative estimate of drug-likeness (QED) is 0.789. The van der Waals surface area contributed by atoms with Crippen molar-refractivity contribution < 1.29 is 14.3 Å². The number of carbonyl (C=O) groups excluding carboxylic acids is 1. The van der Waals surface area contributed by atoms with Crippen LogP contribution < -0.4 is 14.8 Å². The summed E-state index contributed by atoms with van der Waals surface area (Å²) in [5.74, 6) is 1.49. The van der Waals surface area contributed by atoms with E-state index in [1.165, 1.54) is 24.6 Å². The van der Waals surface area contributed by atoms with E-state index in [0.29, 0.717) is 29.0 Å². The number of rotatable bonds is 7. The van der Waals surface area contributed by atoms with Gasteiger partial charge in [-0.3, -0.25) is 4.79 Å². The number of hydrogen-bond donors (Lipinski definition) is 1. The third kappa shape index (κ3) is 3.98. The molecule has 1 N–H and O–H groups in total. The SMILES string of the molecule is COc1cc(NC(=O)CSc2nccn2C2CC2)cc(OC)c1. The van der Waals surface area contributed by atoms with E-state index < -0.39 is 0 Å². The standard InChI is InChI=1S/C16H19N3O3S/c1-21-13-7-11(8-14(9-13)22-2)18-15(20)10-23-16-17-5-6-19(16)12-3-4-12/h5-9,12H,3-4,10H2,1-2H3,(H,18,20). The number of anilines is 1. The first-order chi connectivity index (χ1) is 11.2. The van der Waals surface area contributed by atoms with Crippen LogP contribution in [0.4, 0.5) is 5.69 Å². The molecule has 3 rings (SSSR count). The number of imidazole rings is 1. The van der Waals surface area contributed by atoms with Crippen molar-refractivity contribution in [2.75, 3.05) is 25.3 Å². The molecular formula is C16H19N3O3S. The minimum absolute atomic E-state index is 0.0874. The number of nitrogens with zero attached hydrogens (tertiary/aromatic N) is 2. The van der Waals surface area contributed by atoms with Gasteiger partial charge in [0.25, 0.3) is 0 Å². The Hall–Kier alpha value is -2.15. The summed E-state index contributed by atoms with van der Waals surface area (Å²) in [4.78, 5) is 16.5. The zero-order chi connectivity index (χ0) is 16.2. The summed E-state index contributed by atoms with van der Waals surface area (Å²) in [5.41, 5.74) is 0.650. The Labute approximate surface area is 139 Å². The van der Waals surface area contributed by atoms with Gasteiger partial charge in [0, 0.05) is 42.3 Å². The molecule has 1 aromatic heterocycles. The van der Waals surface area contributed by atoms with E-state index in [4.69, 9.17) is 9.47 Å². The van der Waals surface area contributed by atoms with Crippen molar-refractivity contribution in [1.29, 1.82) is 0 Å². The molecule has 1 fully saturated rings. The minimum Gasteiger partial charge on any atom is -0.497 e. The highest BCUT2D eigenvalue weighted by atomic mass is 32.2. The zero-order valence-electron chi connectivity index (χ0n) is 13.1. The minimum atomic E-state index is -0.0874. The lowest BCUT2D eigenvalue weighted by atomic mass is 10.2. The molecule has 0 radical (unpaired) electrons. The predicted molar refractivity (Wildman–Crippen MR) is 89.4 cm³/mol. The van der Waals surface area contributed by atoms with E-state index in [1.807, 2.05) is 6.20 Å². The molecule has 1 saturated carbocycles. The van der Waals surface area contributed by atoms with E-state index in [0.717, 1.165) is 5.16 Å². The average Bonchev–Trinajstić information content (AvgIpc) is 3.30. The molecular weight excluding hydrogens is 314 g/mol. The Morgan fingerprint density at radius 1 is 1.30 bits per heavy atom. The number of benzene rings is 1. The summed E-state index contributed by atoms with van der Waals surface area (Å²) < 4.78 is 12.5. The fourth-order valence-corrected chi connectivity index (χ4v) is 3.08. The van der Waals surface area contributed by atoms with Crippen molar-refractivity contribution >= 4 is 23.4 Å². The number of thioether (sulfide) groups is 1. The average molecular weight is 333 g/mol. The molecule has 0 aliphatic heterocycles. The van der Waals surface area contributed by atoms with E-state index in [9.17, 15) is 4.79 Å². The maximum atomic E-state index is 12.2. The highest BCUT2D eigenvalue weighted by Crippen LogP contribution is 2.37. The number of amides is 1. The molecule has 23 heavy (non-hydrogen) atoms. The Morgan fingerprint density at radius 3 is 2.61 bits per heavy atom. The van der Waals surface area contributed by atoms with Crippen molar-refractivity contribution in [1.82, 2.24) is 9.55 Å². The van der Waals surface area contributed by atoms with Crippen molar-refractivity contribution in [2.24, 2.45) is 0 Å². The van der Waals surface area contributed by atoms with Gasteiger partial charge >= 0.3 is 0 Å². The van der Waals surface area contributed by atoms with Crippen LogP contribution in [0, 0.1) is 0 Å².